The molecular weight excluding hydrogens is 1420 g/mol. The number of ether oxygens (including phenoxy) is 9. The van der Waals surface area contributed by atoms with Crippen LogP contribution < -0.4 is 0 Å². The van der Waals surface area contributed by atoms with E-state index in [0.717, 1.165) is 96.3 Å². The van der Waals surface area contributed by atoms with Crippen LogP contribution in [0.3, 0.4) is 0 Å². The minimum atomic E-state index is -0.544. The van der Waals surface area contributed by atoms with Gasteiger partial charge in [0.2, 0.25) is 12.6 Å². The number of aromatic hydroxyl groups is 2. The molecule has 2 saturated heterocycles. The largest absolute Gasteiger partial charge is 0.508 e. The average molecular weight is 1560 g/mol. The highest BCUT2D eigenvalue weighted by Gasteiger charge is 2.66. The first-order chi connectivity index (χ1) is 52.1. The molecule has 18 nitrogen and oxygen atoms in total. The summed E-state index contributed by atoms with van der Waals surface area (Å²) in [6.07, 6.45) is 14.0. The Morgan fingerprint density at radius 2 is 0.812 bits per heavy atom. The first kappa shape index (κ1) is 92.6. The van der Waals surface area contributed by atoms with E-state index in [-0.39, 0.29) is 101 Å². The van der Waals surface area contributed by atoms with Crippen LogP contribution in [0.1, 0.15) is 333 Å². The van der Waals surface area contributed by atoms with Crippen molar-refractivity contribution in [3.8, 4) is 11.5 Å². The Hall–Kier alpha value is -6.53. The van der Waals surface area contributed by atoms with Gasteiger partial charge >= 0.3 is 41.8 Å². The first-order valence-corrected chi connectivity index (χ1v) is 42.6. The summed E-state index contributed by atoms with van der Waals surface area (Å²) in [5.41, 5.74) is 1.97. The van der Waals surface area contributed by atoms with Crippen LogP contribution in [0.2, 0.25) is 0 Å². The van der Waals surface area contributed by atoms with Crippen molar-refractivity contribution in [1.82, 2.24) is 0 Å². The van der Waals surface area contributed by atoms with Crippen molar-refractivity contribution in [3.05, 3.63) is 95.1 Å². The van der Waals surface area contributed by atoms with Crippen LogP contribution >= 0.6 is 0 Å². The Morgan fingerprint density at radius 3 is 1.15 bits per heavy atom. The molecule has 8 saturated carbocycles. The number of rotatable bonds is 25. The van der Waals surface area contributed by atoms with Gasteiger partial charge in [-0.1, -0.05) is 140 Å². The molecule has 8 aliphatic carbocycles. The van der Waals surface area contributed by atoms with E-state index >= 15 is 0 Å². The normalized spacial score (nSPS) is 28.0. The smallest absolute Gasteiger partial charge is 0.340 e. The Labute approximate surface area is 672 Å². The summed E-state index contributed by atoms with van der Waals surface area (Å²) in [7, 11) is 0. The molecule has 17 unspecified atom stereocenters. The number of carbonyl (C=O) groups excluding carboxylic acids is 7. The van der Waals surface area contributed by atoms with Crippen molar-refractivity contribution in [2.75, 3.05) is 0 Å². The number of esters is 7. The molecule has 2 N–H and O–H groups in total. The molecule has 112 heavy (non-hydrogen) atoms. The fourth-order valence-electron chi connectivity index (χ4n) is 17.5. The van der Waals surface area contributed by atoms with Gasteiger partial charge in [-0.2, -0.15) is 0 Å². The highest BCUT2D eigenvalue weighted by Crippen LogP contribution is 2.64. The summed E-state index contributed by atoms with van der Waals surface area (Å²) >= 11 is 0. The van der Waals surface area contributed by atoms with E-state index in [2.05, 4.69) is 83.1 Å². The monoisotopic (exact) mass is 1560 g/mol. The predicted molar refractivity (Wildman–Crippen MR) is 436 cm³/mol. The van der Waals surface area contributed by atoms with Gasteiger partial charge in [-0.25, -0.2) is 4.79 Å². The van der Waals surface area contributed by atoms with E-state index in [1.54, 1.807) is 24.3 Å². The number of hydrogen-bond acceptors (Lipinski definition) is 18. The third-order valence-corrected chi connectivity index (χ3v) is 25.7. The molecule has 3 aromatic carbocycles. The zero-order valence-electron chi connectivity index (χ0n) is 73.1. The number of fused-ring (bicyclic) bond motifs is 2. The number of carbonyl (C=O) groups is 7. The molecule has 17 atom stereocenters. The molecule has 628 valence electrons. The van der Waals surface area contributed by atoms with E-state index in [1.807, 2.05) is 139 Å². The standard InChI is InChI=1S/C26H44O5.C20H32O3.2C14H20O4.2C10H14O/c1-9-24(7,8)21(27)31-26-13-18-10-19(14-26)12-25(11-18,16-26)22(28)30-20(29-17(2)3)15-23(4,5)6;1-8-15(4)16-9-11-17(12-10-16)19(21)23-18(22-14(2)3)13-20(5,6)7;2*1-4-14(2,3)13(16)18-10-7-5-8-9(6-7)12(15)17-11(8)10;2*1-3-8(2)9-4-6-10(11)7-5-9/h17-20H,9-16H2,1-8H3;9-12,14-15,18H,8,13H2,1-7H3;2*7-11H,4-6H2,1-3H3;2*4-8,11H,3H2,1-2H3. The van der Waals surface area contributed by atoms with Crippen molar-refractivity contribution in [3.63, 3.8) is 0 Å². The highest BCUT2D eigenvalue weighted by atomic mass is 16.7. The molecule has 0 aromatic heterocycles. The summed E-state index contributed by atoms with van der Waals surface area (Å²) in [5.74, 6) is 3.54. The Morgan fingerprint density at radius 1 is 0.464 bits per heavy atom. The molecule has 10 fully saturated rings. The summed E-state index contributed by atoms with van der Waals surface area (Å²) in [5, 5.41) is 18.0. The van der Waals surface area contributed by atoms with Gasteiger partial charge in [0.1, 0.15) is 41.5 Å². The zero-order valence-corrected chi connectivity index (χ0v) is 73.1. The maximum Gasteiger partial charge on any atom is 0.340 e. The zero-order chi connectivity index (χ0) is 83.6. The van der Waals surface area contributed by atoms with E-state index in [4.69, 9.17) is 52.8 Å². The van der Waals surface area contributed by atoms with Crippen LogP contribution in [0.5, 0.6) is 11.5 Å². The molecule has 0 spiro atoms. The number of phenols is 2. The number of benzene rings is 3. The molecule has 10 aliphatic rings. The third kappa shape index (κ3) is 24.3. The van der Waals surface area contributed by atoms with Gasteiger partial charge in [-0.15, -0.1) is 0 Å². The van der Waals surface area contributed by atoms with Gasteiger partial charge in [-0.05, 0) is 259 Å². The van der Waals surface area contributed by atoms with E-state index in [0.29, 0.717) is 89.6 Å². The van der Waals surface area contributed by atoms with Crippen molar-refractivity contribution in [2.45, 2.75) is 361 Å². The van der Waals surface area contributed by atoms with Crippen molar-refractivity contribution in [2.24, 2.45) is 79.8 Å². The molecule has 13 rings (SSSR count). The van der Waals surface area contributed by atoms with Crippen LogP contribution in [0.15, 0.2) is 72.8 Å². The fourth-order valence-corrected chi connectivity index (χ4v) is 17.5. The molecule has 3 aromatic rings. The number of hydrogen-bond donors (Lipinski definition) is 2. The van der Waals surface area contributed by atoms with E-state index < -0.39 is 39.8 Å². The van der Waals surface area contributed by atoms with Crippen LogP contribution in [0, 0.1) is 79.8 Å². The minimum Gasteiger partial charge on any atom is -0.508 e. The van der Waals surface area contributed by atoms with Crippen LogP contribution in [-0.4, -0.2) is 107 Å². The lowest BCUT2D eigenvalue weighted by Crippen LogP contribution is -2.60. The maximum absolute atomic E-state index is 13.6. The average Bonchev–Trinajstić information content (AvgIpc) is 1.48. The molecule has 2 aliphatic heterocycles. The van der Waals surface area contributed by atoms with Gasteiger partial charge in [0.05, 0.1) is 51.3 Å². The third-order valence-electron chi connectivity index (χ3n) is 25.7. The van der Waals surface area contributed by atoms with Crippen LogP contribution in [0.4, 0.5) is 0 Å². The maximum atomic E-state index is 13.6. The number of phenolic OH excluding ortho intramolecular Hbond substituents is 2. The summed E-state index contributed by atoms with van der Waals surface area (Å²) in [6.45, 7) is 51.1. The van der Waals surface area contributed by atoms with Crippen LogP contribution in [-0.2, 0) is 71.4 Å². The SMILES string of the molecule is CCC(C)(C)C(=O)OC12CC3CC(C1)CC(C(=O)OC(CC(C)(C)C)OC(C)C)(C3)C2.CCC(C)(C)C(=O)OC1C2CC3C(=O)OC1C3C2.CCC(C)(C)C(=O)OC1C2CC3C(=O)OC1C3C2.CCC(C)c1ccc(C(=O)OC(CC(C)(C)C)OC(C)C)cc1.CCC(C)c1ccc(O)cc1.CCC(C)c1ccc(O)cc1. The minimum absolute atomic E-state index is 0.0101. The van der Waals surface area contributed by atoms with Gasteiger partial charge < -0.3 is 52.8 Å². The van der Waals surface area contributed by atoms with Crippen molar-refractivity contribution in [1.29, 1.82) is 0 Å². The Bertz CT molecular complexity index is 3430. The predicted octanol–water partition coefficient (Wildman–Crippen LogP) is 21.2. The quantitative estimate of drug-likeness (QED) is 0.0455. The van der Waals surface area contributed by atoms with Crippen LogP contribution in [0.25, 0.3) is 0 Å². The molecular formula is C94H144O18. The topological polar surface area (TPSA) is 243 Å². The molecule has 0 radical (unpaired) electrons. The van der Waals surface area contributed by atoms with E-state index in [9.17, 15) is 33.6 Å². The molecule has 18 heteroatoms. The van der Waals surface area contributed by atoms with Gasteiger partial charge in [-0.3, -0.25) is 28.8 Å². The summed E-state index contributed by atoms with van der Waals surface area (Å²) in [4.78, 5) is 86.4. The Kier molecular flexibility index (Phi) is 31.8. The second kappa shape index (κ2) is 38.5. The van der Waals surface area contributed by atoms with Crippen molar-refractivity contribution >= 4 is 41.8 Å². The fraction of sp³-hybridized carbons (Fsp3) is 0.734. The molecule has 8 bridgehead atoms. The molecule has 2 heterocycles. The lowest BCUT2D eigenvalue weighted by Gasteiger charge is -2.60. The van der Waals surface area contributed by atoms with Crippen molar-refractivity contribution < 1.29 is 86.4 Å². The summed E-state index contributed by atoms with van der Waals surface area (Å²) in [6, 6.07) is 22.5. The lowest BCUT2D eigenvalue weighted by atomic mass is 9.48. The summed E-state index contributed by atoms with van der Waals surface area (Å²) < 4.78 is 51.7. The van der Waals surface area contributed by atoms with E-state index in [1.165, 1.54) is 16.7 Å². The van der Waals surface area contributed by atoms with Gasteiger partial charge in [0.15, 0.2) is 0 Å². The molecule has 0 amide bonds. The second-order valence-electron chi connectivity index (χ2n) is 39.4. The second-order valence-corrected chi connectivity index (χ2v) is 39.4. The van der Waals surface area contributed by atoms with Gasteiger partial charge in [0.25, 0.3) is 0 Å². The first-order valence-electron chi connectivity index (χ1n) is 42.6. The van der Waals surface area contributed by atoms with Gasteiger partial charge in [0, 0.05) is 42.9 Å². The Balaban J connectivity index is 0.000000193. The highest BCUT2D eigenvalue weighted by molar-refractivity contribution is 5.89. The lowest BCUT2D eigenvalue weighted by molar-refractivity contribution is -0.234.